The molecule has 114 valence electrons. The normalized spacial score (nSPS) is 10.8. The molecule has 0 atom stereocenters. The zero-order valence-electron chi connectivity index (χ0n) is 12.2. The van der Waals surface area contributed by atoms with Crippen LogP contribution in [0.1, 0.15) is 11.1 Å². The molecule has 0 aliphatic heterocycles. The lowest BCUT2D eigenvalue weighted by Gasteiger charge is -2.22. The number of nitriles is 1. The maximum Gasteiger partial charge on any atom is 0.232 e. The van der Waals surface area contributed by atoms with Gasteiger partial charge in [0, 0.05) is 6.07 Å². The molecule has 0 saturated carbocycles. The Balaban J connectivity index is 2.41. The van der Waals surface area contributed by atoms with Gasteiger partial charge in [-0.05, 0) is 17.7 Å². The number of pyridine rings is 1. The van der Waals surface area contributed by atoms with E-state index in [-0.39, 0.29) is 6.54 Å². The van der Waals surface area contributed by atoms with E-state index in [1.165, 1.54) is 17.6 Å². The highest BCUT2D eigenvalue weighted by Crippen LogP contribution is 2.22. The minimum atomic E-state index is -3.52. The maximum absolute atomic E-state index is 12.1. The van der Waals surface area contributed by atoms with Crippen LogP contribution in [0, 0.1) is 11.3 Å². The Kier molecular flexibility index (Phi) is 4.63. The minimum Gasteiger partial charge on any atom is -0.481 e. The van der Waals surface area contributed by atoms with Gasteiger partial charge >= 0.3 is 0 Å². The summed E-state index contributed by atoms with van der Waals surface area (Å²) in [6.07, 6.45) is 2.54. The molecule has 0 aliphatic carbocycles. The fourth-order valence-electron chi connectivity index (χ4n) is 1.96. The Morgan fingerprint density at radius 3 is 2.55 bits per heavy atom. The molecule has 0 radical (unpaired) electrons. The summed E-state index contributed by atoms with van der Waals surface area (Å²) in [6.45, 7) is 0.0660. The molecule has 6 nitrogen and oxygen atoms in total. The Morgan fingerprint density at radius 2 is 2.00 bits per heavy atom. The van der Waals surface area contributed by atoms with Gasteiger partial charge in [0.2, 0.25) is 15.9 Å². The highest BCUT2D eigenvalue weighted by atomic mass is 32.2. The Hall–Kier alpha value is -2.59. The lowest BCUT2D eigenvalue weighted by Crippen LogP contribution is -2.29. The van der Waals surface area contributed by atoms with Crippen LogP contribution in [0.3, 0.4) is 0 Å². The van der Waals surface area contributed by atoms with E-state index in [0.717, 1.165) is 6.26 Å². The van der Waals surface area contributed by atoms with Gasteiger partial charge in [-0.25, -0.2) is 13.4 Å². The van der Waals surface area contributed by atoms with Crippen LogP contribution in [0.25, 0.3) is 0 Å². The van der Waals surface area contributed by atoms with Crippen molar-refractivity contribution in [1.82, 2.24) is 4.98 Å². The number of ether oxygens (including phenoxy) is 1. The van der Waals surface area contributed by atoms with Crippen LogP contribution in [0.2, 0.25) is 0 Å². The molecule has 2 rings (SSSR count). The molecule has 0 amide bonds. The molecule has 0 saturated heterocycles. The van der Waals surface area contributed by atoms with Crippen molar-refractivity contribution < 1.29 is 13.2 Å². The van der Waals surface area contributed by atoms with Crippen molar-refractivity contribution >= 4 is 15.7 Å². The van der Waals surface area contributed by atoms with Crippen LogP contribution in [0.15, 0.2) is 42.6 Å². The van der Waals surface area contributed by atoms with Crippen molar-refractivity contribution in [2.75, 3.05) is 17.7 Å². The maximum atomic E-state index is 12.1. The molecule has 2 aromatic rings. The molecule has 22 heavy (non-hydrogen) atoms. The summed E-state index contributed by atoms with van der Waals surface area (Å²) in [4.78, 5) is 4.02. The first-order valence-electron chi connectivity index (χ1n) is 6.41. The van der Waals surface area contributed by atoms with Crippen LogP contribution < -0.4 is 9.04 Å². The summed E-state index contributed by atoms with van der Waals surface area (Å²) in [5.74, 6) is 0.398. The molecule has 1 heterocycles. The first-order valence-corrected chi connectivity index (χ1v) is 8.26. The van der Waals surface area contributed by atoms with Crippen LogP contribution in [-0.2, 0) is 16.6 Å². The van der Waals surface area contributed by atoms with Crippen molar-refractivity contribution in [3.05, 3.63) is 53.7 Å². The Labute approximate surface area is 129 Å². The van der Waals surface area contributed by atoms with Gasteiger partial charge in [0.05, 0.1) is 43.4 Å². The van der Waals surface area contributed by atoms with E-state index in [1.807, 2.05) is 0 Å². The molecule has 7 heteroatoms. The van der Waals surface area contributed by atoms with Gasteiger partial charge in [0.1, 0.15) is 0 Å². The summed E-state index contributed by atoms with van der Waals surface area (Å²) >= 11 is 0. The average molecular weight is 317 g/mol. The van der Waals surface area contributed by atoms with E-state index in [4.69, 9.17) is 10.00 Å². The highest BCUT2D eigenvalue weighted by molar-refractivity contribution is 7.92. The zero-order valence-corrected chi connectivity index (χ0v) is 13.0. The van der Waals surface area contributed by atoms with Crippen LogP contribution >= 0.6 is 0 Å². The fourth-order valence-corrected chi connectivity index (χ4v) is 2.83. The number of sulfonamides is 1. The number of rotatable bonds is 5. The SMILES string of the molecule is COc1ccc(N(Cc2ccccc2C#N)S(C)(=O)=O)cn1. The standard InChI is InChI=1S/C15H15N3O3S/c1-21-15-8-7-14(10-17-15)18(22(2,19)20)11-13-6-4-3-5-12(13)9-16/h3-8,10H,11H2,1-2H3. The minimum absolute atomic E-state index is 0.0660. The van der Waals surface area contributed by atoms with Crippen LogP contribution in [-0.4, -0.2) is 26.8 Å². The van der Waals surface area contributed by atoms with Crippen LogP contribution in [0.5, 0.6) is 5.88 Å². The molecule has 0 bridgehead atoms. The number of benzene rings is 1. The average Bonchev–Trinajstić information content (AvgIpc) is 2.52. The highest BCUT2D eigenvalue weighted by Gasteiger charge is 2.19. The lowest BCUT2D eigenvalue weighted by atomic mass is 10.1. The van der Waals surface area contributed by atoms with Gasteiger partial charge in [-0.3, -0.25) is 4.31 Å². The fraction of sp³-hybridized carbons (Fsp3) is 0.200. The van der Waals surface area contributed by atoms with Gasteiger partial charge in [-0.15, -0.1) is 0 Å². The Morgan fingerprint density at radius 1 is 1.27 bits per heavy atom. The number of hydrogen-bond acceptors (Lipinski definition) is 5. The van der Waals surface area contributed by atoms with Gasteiger partial charge in [-0.1, -0.05) is 18.2 Å². The number of aromatic nitrogens is 1. The molecule has 1 aromatic heterocycles. The van der Waals surface area contributed by atoms with E-state index in [0.29, 0.717) is 22.7 Å². The molecule has 0 unspecified atom stereocenters. The van der Waals surface area contributed by atoms with Crippen molar-refractivity contribution in [2.24, 2.45) is 0 Å². The molecule has 0 fully saturated rings. The van der Waals surface area contributed by atoms with Crippen molar-refractivity contribution in [3.63, 3.8) is 0 Å². The van der Waals surface area contributed by atoms with E-state index < -0.39 is 10.0 Å². The first-order chi connectivity index (χ1) is 10.5. The second kappa shape index (κ2) is 6.45. The third-order valence-electron chi connectivity index (χ3n) is 3.07. The van der Waals surface area contributed by atoms with Gasteiger partial charge in [0.25, 0.3) is 0 Å². The number of nitrogens with zero attached hydrogens (tertiary/aromatic N) is 3. The van der Waals surface area contributed by atoms with Crippen LogP contribution in [0.4, 0.5) is 5.69 Å². The summed E-state index contributed by atoms with van der Waals surface area (Å²) in [5.41, 5.74) is 1.49. The van der Waals surface area contributed by atoms with Crippen molar-refractivity contribution in [3.8, 4) is 11.9 Å². The quantitative estimate of drug-likeness (QED) is 0.841. The molecule has 0 N–H and O–H groups in total. The van der Waals surface area contributed by atoms with Gasteiger partial charge < -0.3 is 4.74 Å². The zero-order chi connectivity index (χ0) is 16.2. The van der Waals surface area contributed by atoms with Crippen molar-refractivity contribution in [1.29, 1.82) is 5.26 Å². The number of hydrogen-bond donors (Lipinski definition) is 0. The third-order valence-corrected chi connectivity index (χ3v) is 4.21. The van der Waals surface area contributed by atoms with E-state index in [2.05, 4.69) is 11.1 Å². The topological polar surface area (TPSA) is 83.3 Å². The van der Waals surface area contributed by atoms with Gasteiger partial charge in [0.15, 0.2) is 0 Å². The predicted octanol–water partition coefficient (Wildman–Crippen LogP) is 1.93. The van der Waals surface area contributed by atoms with E-state index >= 15 is 0 Å². The summed E-state index contributed by atoms with van der Waals surface area (Å²) in [7, 11) is -2.03. The molecule has 0 spiro atoms. The third kappa shape index (κ3) is 3.54. The van der Waals surface area contributed by atoms with E-state index in [1.54, 1.807) is 36.4 Å². The summed E-state index contributed by atoms with van der Waals surface area (Å²) in [6, 6.07) is 12.2. The molecular weight excluding hydrogens is 302 g/mol. The molecule has 1 aromatic carbocycles. The Bertz CT molecular complexity index is 796. The molecule has 0 aliphatic rings. The monoisotopic (exact) mass is 317 g/mol. The van der Waals surface area contributed by atoms with Gasteiger partial charge in [-0.2, -0.15) is 5.26 Å². The smallest absolute Gasteiger partial charge is 0.232 e. The number of methoxy groups -OCH3 is 1. The summed E-state index contributed by atoms with van der Waals surface area (Å²) in [5, 5.41) is 9.13. The van der Waals surface area contributed by atoms with Crippen molar-refractivity contribution in [2.45, 2.75) is 6.54 Å². The lowest BCUT2D eigenvalue weighted by molar-refractivity contribution is 0.398. The first kappa shape index (κ1) is 15.8. The second-order valence-corrected chi connectivity index (χ2v) is 6.50. The predicted molar refractivity (Wildman–Crippen MR) is 83.0 cm³/mol. The molecular formula is C15H15N3O3S. The number of anilines is 1. The second-order valence-electron chi connectivity index (χ2n) is 4.60. The van der Waals surface area contributed by atoms with E-state index in [9.17, 15) is 8.42 Å². The largest absolute Gasteiger partial charge is 0.481 e. The summed E-state index contributed by atoms with van der Waals surface area (Å²) < 4.78 is 30.3.